The van der Waals surface area contributed by atoms with Crippen molar-refractivity contribution >= 4 is 5.78 Å². The molecule has 0 saturated heterocycles. The largest absolute Gasteiger partial charge is 0.504 e. The highest BCUT2D eigenvalue weighted by molar-refractivity contribution is 6.04. The highest BCUT2D eigenvalue weighted by atomic mass is 16.3. The highest BCUT2D eigenvalue weighted by Gasteiger charge is 2.27. The van der Waals surface area contributed by atoms with E-state index in [1.165, 1.54) is 6.92 Å². The molecule has 3 heteroatoms. The molecule has 0 amide bonds. The van der Waals surface area contributed by atoms with Crippen LogP contribution in [0, 0.1) is 6.92 Å². The van der Waals surface area contributed by atoms with Crippen LogP contribution in [0.25, 0.3) is 0 Å². The molecule has 3 nitrogen and oxygen atoms in total. The molecule has 0 aliphatic heterocycles. The molecule has 0 spiro atoms. The van der Waals surface area contributed by atoms with E-state index in [1.54, 1.807) is 0 Å². The number of aliphatic hydroxyl groups is 2. The van der Waals surface area contributed by atoms with E-state index in [1.807, 2.05) is 0 Å². The second-order valence-corrected chi connectivity index (χ2v) is 2.71. The highest BCUT2D eigenvalue weighted by Crippen LogP contribution is 2.23. The zero-order valence-electron chi connectivity index (χ0n) is 6.16. The van der Waals surface area contributed by atoms with E-state index in [4.69, 9.17) is 5.11 Å². The topological polar surface area (TPSA) is 57.5 Å². The van der Waals surface area contributed by atoms with Crippen molar-refractivity contribution in [3.8, 4) is 0 Å². The Labute approximate surface area is 64.7 Å². The third-order valence-electron chi connectivity index (χ3n) is 1.63. The molecule has 0 aromatic rings. The Balaban J connectivity index is 3.08. The van der Waals surface area contributed by atoms with Gasteiger partial charge < -0.3 is 10.2 Å². The molecule has 1 rings (SSSR count). The van der Waals surface area contributed by atoms with Crippen molar-refractivity contribution in [2.24, 2.45) is 0 Å². The van der Waals surface area contributed by atoms with Gasteiger partial charge in [0, 0.05) is 0 Å². The van der Waals surface area contributed by atoms with Gasteiger partial charge in [-0.15, -0.1) is 0 Å². The van der Waals surface area contributed by atoms with Crippen LogP contribution in [-0.4, -0.2) is 21.6 Å². The predicted octanol–water partition coefficient (Wildman–Crippen LogP) is 0.522. The summed E-state index contributed by atoms with van der Waals surface area (Å²) < 4.78 is 0. The summed E-state index contributed by atoms with van der Waals surface area (Å²) in [5.41, 5.74) is -1.00. The molecule has 1 radical (unpaired) electrons. The number of hydrogen-bond acceptors (Lipinski definition) is 3. The molecule has 1 aliphatic carbocycles. The zero-order chi connectivity index (χ0) is 8.65. The molecule has 1 unspecified atom stereocenters. The van der Waals surface area contributed by atoms with Crippen molar-refractivity contribution in [3.05, 3.63) is 30.4 Å². The first-order chi connectivity index (χ1) is 4.93. The van der Waals surface area contributed by atoms with E-state index in [0.717, 1.165) is 12.2 Å². The molecule has 0 fully saturated rings. The Bertz CT molecular complexity index is 259. The van der Waals surface area contributed by atoms with Crippen molar-refractivity contribution in [1.82, 2.24) is 0 Å². The van der Waals surface area contributed by atoms with Crippen LogP contribution in [0.2, 0.25) is 0 Å². The fourth-order valence-corrected chi connectivity index (χ4v) is 0.808. The van der Waals surface area contributed by atoms with E-state index in [0.29, 0.717) is 5.57 Å². The molecule has 0 aromatic heterocycles. The first-order valence-electron chi connectivity index (χ1n) is 3.16. The first-order valence-corrected chi connectivity index (χ1v) is 3.16. The van der Waals surface area contributed by atoms with E-state index in [-0.39, 0.29) is 0 Å². The number of aliphatic hydroxyl groups excluding tert-OH is 1. The Kier molecular flexibility index (Phi) is 1.60. The lowest BCUT2D eigenvalue weighted by Gasteiger charge is -2.23. The van der Waals surface area contributed by atoms with Crippen LogP contribution >= 0.6 is 0 Å². The maximum absolute atomic E-state index is 10.7. The van der Waals surface area contributed by atoms with Crippen molar-refractivity contribution in [1.29, 1.82) is 0 Å². The Morgan fingerprint density at radius 3 is 2.64 bits per heavy atom. The third-order valence-corrected chi connectivity index (χ3v) is 1.63. The van der Waals surface area contributed by atoms with Crippen LogP contribution in [-0.2, 0) is 4.79 Å². The molecule has 1 atom stereocenters. The summed E-state index contributed by atoms with van der Waals surface area (Å²) in [6.07, 6.45) is 2.20. The van der Waals surface area contributed by atoms with E-state index >= 15 is 0 Å². The number of allylic oxidation sites excluding steroid dienone is 1. The Morgan fingerprint density at radius 1 is 1.64 bits per heavy atom. The summed E-state index contributed by atoms with van der Waals surface area (Å²) in [7, 11) is 0. The molecule has 0 saturated carbocycles. The summed E-state index contributed by atoms with van der Waals surface area (Å²) >= 11 is 0. The number of carbonyl (C=O) groups is 1. The average Bonchev–Trinajstić information content (AvgIpc) is 1.83. The van der Waals surface area contributed by atoms with Gasteiger partial charge in [-0.3, -0.25) is 4.79 Å². The molecule has 11 heavy (non-hydrogen) atoms. The minimum Gasteiger partial charge on any atom is -0.504 e. The van der Waals surface area contributed by atoms with E-state index < -0.39 is 17.1 Å². The zero-order valence-corrected chi connectivity index (χ0v) is 6.16. The lowest BCUT2D eigenvalue weighted by atomic mass is 9.90. The molecule has 2 N–H and O–H groups in total. The minimum absolute atomic E-state index is 0.292. The van der Waals surface area contributed by atoms with Gasteiger partial charge >= 0.3 is 0 Å². The second kappa shape index (κ2) is 2.20. The van der Waals surface area contributed by atoms with Crippen LogP contribution in [0.3, 0.4) is 0 Å². The minimum atomic E-state index is -1.29. The lowest BCUT2D eigenvalue weighted by molar-refractivity contribution is -0.114. The summed E-state index contributed by atoms with van der Waals surface area (Å²) in [6.45, 7) is 4.92. The number of carbonyl (C=O) groups excluding carboxylic acids is 1. The predicted molar refractivity (Wildman–Crippen MR) is 39.8 cm³/mol. The van der Waals surface area contributed by atoms with Gasteiger partial charge in [-0.05, 0) is 31.6 Å². The number of rotatable bonds is 0. The van der Waals surface area contributed by atoms with Crippen LogP contribution in [0.5, 0.6) is 0 Å². The van der Waals surface area contributed by atoms with Crippen LogP contribution in [0.1, 0.15) is 6.92 Å². The number of hydrogen-bond donors (Lipinski definition) is 2. The molecule has 0 heterocycles. The number of ketones is 1. The quantitative estimate of drug-likeness (QED) is 0.533. The Morgan fingerprint density at radius 2 is 2.18 bits per heavy atom. The van der Waals surface area contributed by atoms with Crippen LogP contribution < -0.4 is 0 Å². The van der Waals surface area contributed by atoms with Crippen LogP contribution in [0.15, 0.2) is 23.5 Å². The molecular formula is C8H9O3. The molecule has 0 bridgehead atoms. The van der Waals surface area contributed by atoms with Gasteiger partial charge in [0.1, 0.15) is 5.60 Å². The summed E-state index contributed by atoms with van der Waals surface area (Å²) in [6, 6.07) is 0. The third kappa shape index (κ3) is 1.33. The molecule has 0 aromatic carbocycles. The monoisotopic (exact) mass is 153 g/mol. The fraction of sp³-hybridized carbons (Fsp3) is 0.250. The molecule has 1 aliphatic rings. The second-order valence-electron chi connectivity index (χ2n) is 2.71. The first kappa shape index (κ1) is 8.01. The Hall–Kier alpha value is -1.09. The lowest BCUT2D eigenvalue weighted by Crippen LogP contribution is -2.28. The fourth-order valence-electron chi connectivity index (χ4n) is 0.808. The summed E-state index contributed by atoms with van der Waals surface area (Å²) in [4.78, 5) is 10.7. The van der Waals surface area contributed by atoms with Crippen molar-refractivity contribution in [2.45, 2.75) is 12.5 Å². The molecule has 59 valence electrons. The molecular weight excluding hydrogens is 144 g/mol. The van der Waals surface area contributed by atoms with Gasteiger partial charge in [-0.1, -0.05) is 0 Å². The van der Waals surface area contributed by atoms with Crippen molar-refractivity contribution in [3.63, 3.8) is 0 Å². The maximum atomic E-state index is 10.7. The van der Waals surface area contributed by atoms with Crippen molar-refractivity contribution in [2.75, 3.05) is 0 Å². The summed E-state index contributed by atoms with van der Waals surface area (Å²) in [5.74, 6) is -0.941. The van der Waals surface area contributed by atoms with Gasteiger partial charge in [0.05, 0.1) is 0 Å². The normalized spacial score (nSPS) is 31.4. The average molecular weight is 153 g/mol. The van der Waals surface area contributed by atoms with E-state index in [2.05, 4.69) is 6.92 Å². The van der Waals surface area contributed by atoms with Crippen LogP contribution in [0.4, 0.5) is 0 Å². The van der Waals surface area contributed by atoms with Gasteiger partial charge in [0.25, 0.3) is 0 Å². The standard InChI is InChI=1S/C8H9O3/c1-5-3-6(9)7(10)4-8(5,2)11/h3-4,10-11H,1H2,2H3. The SMILES string of the molecule is [CH2]C1=CC(=O)C(O)=CC1(C)O. The van der Waals surface area contributed by atoms with Crippen molar-refractivity contribution < 1.29 is 15.0 Å². The maximum Gasteiger partial charge on any atom is 0.219 e. The van der Waals surface area contributed by atoms with Gasteiger partial charge in [0.15, 0.2) is 5.76 Å². The van der Waals surface area contributed by atoms with E-state index in [9.17, 15) is 9.90 Å². The van der Waals surface area contributed by atoms with Gasteiger partial charge in [-0.25, -0.2) is 0 Å². The smallest absolute Gasteiger partial charge is 0.219 e. The summed E-state index contributed by atoms with van der Waals surface area (Å²) in [5, 5.41) is 18.3. The van der Waals surface area contributed by atoms with Gasteiger partial charge in [-0.2, -0.15) is 0 Å². The van der Waals surface area contributed by atoms with Gasteiger partial charge in [0.2, 0.25) is 5.78 Å².